The minimum Gasteiger partial charge on any atom is -0.454 e. The number of pyridine rings is 1. The third kappa shape index (κ3) is 4.83. The molecule has 0 bridgehead atoms. The zero-order chi connectivity index (χ0) is 19.9. The first-order valence-corrected chi connectivity index (χ1v) is 8.60. The van der Waals surface area contributed by atoms with E-state index in [1.165, 1.54) is 6.07 Å². The number of carbonyl (C=O) groups is 1. The van der Waals surface area contributed by atoms with E-state index in [-0.39, 0.29) is 24.0 Å². The Bertz CT molecular complexity index is 979. The van der Waals surface area contributed by atoms with Crippen molar-refractivity contribution in [2.75, 3.05) is 12.8 Å². The Morgan fingerprint density at radius 3 is 2.71 bits per heavy atom. The van der Waals surface area contributed by atoms with Gasteiger partial charge in [-0.3, -0.25) is 4.79 Å². The molecule has 0 aliphatic rings. The van der Waals surface area contributed by atoms with E-state index in [2.05, 4.69) is 10.3 Å². The quantitative estimate of drug-likeness (QED) is 0.652. The highest BCUT2D eigenvalue weighted by molar-refractivity contribution is 5.98. The zero-order valence-corrected chi connectivity index (χ0v) is 15.3. The van der Waals surface area contributed by atoms with Crippen LogP contribution in [-0.4, -0.2) is 18.0 Å². The van der Waals surface area contributed by atoms with Crippen molar-refractivity contribution < 1.29 is 18.7 Å². The molecule has 0 saturated heterocycles. The van der Waals surface area contributed by atoms with Crippen LogP contribution in [0.4, 0.5) is 10.2 Å². The number of nitrogens with two attached hydrogens (primary N) is 1. The molecule has 1 heterocycles. The largest absolute Gasteiger partial charge is 0.454 e. The summed E-state index contributed by atoms with van der Waals surface area (Å²) in [4.78, 5) is 16.5. The number of hydrogen-bond acceptors (Lipinski definition) is 5. The van der Waals surface area contributed by atoms with E-state index in [9.17, 15) is 9.18 Å². The van der Waals surface area contributed by atoms with Gasteiger partial charge in [-0.15, -0.1) is 0 Å². The van der Waals surface area contributed by atoms with Crippen LogP contribution in [0.2, 0.25) is 0 Å². The van der Waals surface area contributed by atoms with Crippen molar-refractivity contribution in [2.45, 2.75) is 13.2 Å². The van der Waals surface area contributed by atoms with Gasteiger partial charge in [0.2, 0.25) is 0 Å². The van der Waals surface area contributed by atoms with Gasteiger partial charge in [0, 0.05) is 13.7 Å². The Morgan fingerprint density at radius 2 is 1.96 bits per heavy atom. The van der Waals surface area contributed by atoms with Crippen molar-refractivity contribution in [3.05, 3.63) is 83.3 Å². The Labute approximate surface area is 162 Å². The molecule has 0 spiro atoms. The van der Waals surface area contributed by atoms with Crippen LogP contribution in [0, 0.1) is 5.82 Å². The summed E-state index contributed by atoms with van der Waals surface area (Å²) in [6.45, 7) is 0.577. The number of nitrogen functional groups attached to an aromatic ring is 1. The maximum absolute atomic E-state index is 13.7. The number of hydrogen-bond donors (Lipinski definition) is 2. The van der Waals surface area contributed by atoms with Gasteiger partial charge in [0.25, 0.3) is 5.91 Å². The van der Waals surface area contributed by atoms with Crippen molar-refractivity contribution in [1.82, 2.24) is 10.3 Å². The lowest BCUT2D eigenvalue weighted by atomic mass is 10.2. The lowest BCUT2D eigenvalue weighted by Crippen LogP contribution is -2.24. The summed E-state index contributed by atoms with van der Waals surface area (Å²) >= 11 is 0. The van der Waals surface area contributed by atoms with E-state index in [0.717, 1.165) is 5.56 Å². The topological polar surface area (TPSA) is 86.5 Å². The lowest BCUT2D eigenvalue weighted by molar-refractivity contribution is 0.0951. The Kier molecular flexibility index (Phi) is 6.18. The first kappa shape index (κ1) is 19.3. The van der Waals surface area contributed by atoms with E-state index in [1.54, 1.807) is 55.6 Å². The standard InChI is InChI=1S/C21H20FN3O3/c1-27-13-15-9-10-17(20(23)25-15)21(26)24-12-14-5-4-6-16(11-14)28-19-8-3-2-7-18(19)22/h2-11H,12-13H2,1H3,(H2,23,25)(H,24,26). The van der Waals surface area contributed by atoms with Gasteiger partial charge in [-0.25, -0.2) is 9.37 Å². The number of methoxy groups -OCH3 is 1. The van der Waals surface area contributed by atoms with Crippen LogP contribution in [0.1, 0.15) is 21.6 Å². The van der Waals surface area contributed by atoms with E-state index in [4.69, 9.17) is 15.2 Å². The molecule has 2 aromatic carbocycles. The second-order valence-electron chi connectivity index (χ2n) is 6.03. The average molecular weight is 381 g/mol. The Morgan fingerprint density at radius 1 is 1.14 bits per heavy atom. The summed E-state index contributed by atoms with van der Waals surface area (Å²) in [5.41, 5.74) is 7.60. The first-order valence-electron chi connectivity index (χ1n) is 8.60. The molecule has 0 atom stereocenters. The molecule has 0 radical (unpaired) electrons. The van der Waals surface area contributed by atoms with Crippen LogP contribution in [-0.2, 0) is 17.9 Å². The van der Waals surface area contributed by atoms with Gasteiger partial charge in [0.1, 0.15) is 11.6 Å². The van der Waals surface area contributed by atoms with E-state index in [0.29, 0.717) is 23.6 Å². The van der Waals surface area contributed by atoms with Crippen molar-refractivity contribution in [2.24, 2.45) is 0 Å². The third-order valence-electron chi connectivity index (χ3n) is 3.94. The molecule has 6 nitrogen and oxygen atoms in total. The number of ether oxygens (including phenoxy) is 2. The number of benzene rings is 2. The zero-order valence-electron chi connectivity index (χ0n) is 15.3. The van der Waals surface area contributed by atoms with Crippen molar-refractivity contribution in [3.8, 4) is 11.5 Å². The van der Waals surface area contributed by atoms with Crippen LogP contribution >= 0.6 is 0 Å². The van der Waals surface area contributed by atoms with Gasteiger partial charge in [0.15, 0.2) is 11.6 Å². The van der Waals surface area contributed by atoms with Crippen LogP contribution in [0.25, 0.3) is 0 Å². The van der Waals surface area contributed by atoms with Gasteiger partial charge in [-0.05, 0) is 42.0 Å². The number of anilines is 1. The van der Waals surface area contributed by atoms with Crippen LogP contribution < -0.4 is 15.8 Å². The molecule has 0 aliphatic carbocycles. The molecule has 3 rings (SSSR count). The number of carbonyl (C=O) groups excluding carboxylic acids is 1. The molecule has 0 unspecified atom stereocenters. The first-order chi connectivity index (χ1) is 13.6. The minimum atomic E-state index is -0.443. The van der Waals surface area contributed by atoms with E-state index in [1.807, 2.05) is 6.07 Å². The maximum atomic E-state index is 13.7. The summed E-state index contributed by atoms with van der Waals surface area (Å²) in [5.74, 6) is -0.0280. The molecule has 1 aromatic heterocycles. The fourth-order valence-corrected chi connectivity index (χ4v) is 2.59. The van der Waals surface area contributed by atoms with Crippen molar-refractivity contribution in [1.29, 1.82) is 0 Å². The maximum Gasteiger partial charge on any atom is 0.255 e. The van der Waals surface area contributed by atoms with Crippen LogP contribution in [0.15, 0.2) is 60.7 Å². The highest BCUT2D eigenvalue weighted by Gasteiger charge is 2.12. The van der Waals surface area contributed by atoms with Crippen LogP contribution in [0.3, 0.4) is 0 Å². The van der Waals surface area contributed by atoms with Gasteiger partial charge >= 0.3 is 0 Å². The van der Waals surface area contributed by atoms with Crippen molar-refractivity contribution in [3.63, 3.8) is 0 Å². The molecule has 0 saturated carbocycles. The van der Waals surface area contributed by atoms with E-state index >= 15 is 0 Å². The normalized spacial score (nSPS) is 10.5. The smallest absolute Gasteiger partial charge is 0.255 e. The molecule has 0 fully saturated rings. The fraction of sp³-hybridized carbons (Fsp3) is 0.143. The summed E-state index contributed by atoms with van der Waals surface area (Å²) in [5, 5.41) is 2.79. The van der Waals surface area contributed by atoms with Gasteiger partial charge < -0.3 is 20.5 Å². The molecule has 28 heavy (non-hydrogen) atoms. The molecular weight excluding hydrogens is 361 g/mol. The molecular formula is C21H20FN3O3. The molecule has 144 valence electrons. The summed E-state index contributed by atoms with van der Waals surface area (Å²) in [7, 11) is 1.56. The number of nitrogens with zero attached hydrogens (tertiary/aromatic N) is 1. The van der Waals surface area contributed by atoms with Gasteiger partial charge in [-0.2, -0.15) is 0 Å². The number of para-hydroxylation sites is 1. The summed E-state index contributed by atoms with van der Waals surface area (Å²) in [6.07, 6.45) is 0. The Balaban J connectivity index is 1.65. The van der Waals surface area contributed by atoms with Gasteiger partial charge in [-0.1, -0.05) is 24.3 Å². The fourth-order valence-electron chi connectivity index (χ4n) is 2.59. The second-order valence-corrected chi connectivity index (χ2v) is 6.03. The average Bonchev–Trinajstić information content (AvgIpc) is 2.69. The minimum absolute atomic E-state index is 0.138. The summed E-state index contributed by atoms with van der Waals surface area (Å²) in [6, 6.07) is 16.5. The monoisotopic (exact) mass is 381 g/mol. The van der Waals surface area contributed by atoms with E-state index < -0.39 is 5.82 Å². The highest BCUT2D eigenvalue weighted by atomic mass is 19.1. The predicted molar refractivity (Wildman–Crippen MR) is 103 cm³/mol. The SMILES string of the molecule is COCc1ccc(C(=O)NCc2cccc(Oc3ccccc3F)c2)c(N)n1. The number of aromatic nitrogens is 1. The van der Waals surface area contributed by atoms with Gasteiger partial charge in [0.05, 0.1) is 17.9 Å². The number of halogens is 1. The molecule has 7 heteroatoms. The third-order valence-corrected chi connectivity index (χ3v) is 3.94. The Hall–Kier alpha value is -3.45. The van der Waals surface area contributed by atoms with Crippen molar-refractivity contribution >= 4 is 11.7 Å². The number of nitrogens with one attached hydrogen (secondary N) is 1. The molecule has 3 aromatic rings. The molecule has 3 N–H and O–H groups in total. The number of amides is 1. The molecule has 1 amide bonds. The lowest BCUT2D eigenvalue weighted by Gasteiger charge is -2.10. The van der Waals surface area contributed by atoms with Crippen LogP contribution in [0.5, 0.6) is 11.5 Å². The summed E-state index contributed by atoms with van der Waals surface area (Å²) < 4.78 is 24.3. The highest BCUT2D eigenvalue weighted by Crippen LogP contribution is 2.24. The predicted octanol–water partition coefficient (Wildman–Crippen LogP) is 3.67. The molecule has 0 aliphatic heterocycles. The number of rotatable bonds is 7. The second kappa shape index (κ2) is 8.96.